The van der Waals surface area contributed by atoms with Gasteiger partial charge in [0.25, 0.3) is 0 Å². The van der Waals surface area contributed by atoms with Crippen molar-refractivity contribution >= 4 is 11.3 Å². The average molecular weight is 308 g/mol. The van der Waals surface area contributed by atoms with Crippen LogP contribution < -0.4 is 5.32 Å². The van der Waals surface area contributed by atoms with Gasteiger partial charge < -0.3 is 10.2 Å². The SMILES string of the molecule is CCCNC1(c2nc3c(s2)CCC3)CCN(C(C)C)CC1. The molecule has 1 saturated heterocycles. The Hall–Kier alpha value is -0.450. The Bertz CT molecular complexity index is 451. The second kappa shape index (κ2) is 6.35. The zero-order chi connectivity index (χ0) is 14.9. The van der Waals surface area contributed by atoms with Crippen molar-refractivity contribution in [2.75, 3.05) is 19.6 Å². The smallest absolute Gasteiger partial charge is 0.113 e. The molecule has 3 nitrogen and oxygen atoms in total. The summed E-state index contributed by atoms with van der Waals surface area (Å²) in [5.74, 6) is 0. The Morgan fingerprint density at radius 1 is 1.29 bits per heavy atom. The first kappa shape index (κ1) is 15.4. The summed E-state index contributed by atoms with van der Waals surface area (Å²) in [6.45, 7) is 10.4. The van der Waals surface area contributed by atoms with Crippen molar-refractivity contribution in [3.8, 4) is 0 Å². The third-order valence-corrected chi connectivity index (χ3v) is 6.46. The molecule has 0 spiro atoms. The van der Waals surface area contributed by atoms with E-state index in [1.807, 2.05) is 11.3 Å². The first-order chi connectivity index (χ1) is 10.1. The fourth-order valence-corrected chi connectivity index (χ4v) is 5.02. The number of rotatable bonds is 5. The molecule has 4 heteroatoms. The van der Waals surface area contributed by atoms with E-state index in [9.17, 15) is 0 Å². The molecule has 3 rings (SSSR count). The summed E-state index contributed by atoms with van der Waals surface area (Å²) < 4.78 is 0. The number of likely N-dealkylation sites (tertiary alicyclic amines) is 1. The topological polar surface area (TPSA) is 28.2 Å². The van der Waals surface area contributed by atoms with Crippen molar-refractivity contribution in [3.05, 3.63) is 15.6 Å². The van der Waals surface area contributed by atoms with Crippen molar-refractivity contribution in [2.24, 2.45) is 0 Å². The highest BCUT2D eigenvalue weighted by Crippen LogP contribution is 2.39. The molecule has 0 unspecified atom stereocenters. The average Bonchev–Trinajstić information content (AvgIpc) is 3.07. The summed E-state index contributed by atoms with van der Waals surface area (Å²) in [6, 6.07) is 0.662. The zero-order valence-electron chi connectivity index (χ0n) is 13.7. The number of hydrogen-bond acceptors (Lipinski definition) is 4. The van der Waals surface area contributed by atoms with Gasteiger partial charge >= 0.3 is 0 Å². The van der Waals surface area contributed by atoms with Gasteiger partial charge in [-0.15, -0.1) is 11.3 Å². The number of nitrogens with zero attached hydrogens (tertiary/aromatic N) is 2. The van der Waals surface area contributed by atoms with Crippen LogP contribution in [-0.2, 0) is 18.4 Å². The lowest BCUT2D eigenvalue weighted by Gasteiger charge is -2.42. The van der Waals surface area contributed by atoms with Gasteiger partial charge in [-0.3, -0.25) is 0 Å². The summed E-state index contributed by atoms with van der Waals surface area (Å²) in [5.41, 5.74) is 1.55. The van der Waals surface area contributed by atoms with Crippen LogP contribution in [0, 0.1) is 0 Å². The minimum absolute atomic E-state index is 0.149. The predicted molar refractivity (Wildman–Crippen MR) is 90.1 cm³/mol. The number of thiazole rings is 1. The molecule has 0 atom stereocenters. The maximum atomic E-state index is 5.05. The molecule has 1 aromatic rings. The highest BCUT2D eigenvalue weighted by Gasteiger charge is 2.39. The summed E-state index contributed by atoms with van der Waals surface area (Å²) in [6.07, 6.45) is 7.38. The Kier molecular flexibility index (Phi) is 4.67. The lowest BCUT2D eigenvalue weighted by molar-refractivity contribution is 0.109. The number of fused-ring (bicyclic) bond motifs is 1. The van der Waals surface area contributed by atoms with E-state index in [0.717, 1.165) is 6.54 Å². The number of piperidine rings is 1. The van der Waals surface area contributed by atoms with Crippen molar-refractivity contribution in [1.82, 2.24) is 15.2 Å². The van der Waals surface area contributed by atoms with E-state index in [1.165, 1.54) is 62.3 Å². The Morgan fingerprint density at radius 2 is 2.05 bits per heavy atom. The number of aryl methyl sites for hydroxylation is 2. The molecule has 118 valence electrons. The van der Waals surface area contributed by atoms with E-state index in [-0.39, 0.29) is 5.54 Å². The van der Waals surface area contributed by atoms with Crippen LogP contribution in [0.2, 0.25) is 0 Å². The Labute approximate surface area is 133 Å². The quantitative estimate of drug-likeness (QED) is 0.904. The molecule has 1 aromatic heterocycles. The van der Waals surface area contributed by atoms with Gasteiger partial charge in [-0.2, -0.15) is 0 Å². The maximum absolute atomic E-state index is 5.05. The van der Waals surface area contributed by atoms with Gasteiger partial charge in [-0.1, -0.05) is 6.92 Å². The van der Waals surface area contributed by atoms with Gasteiger partial charge in [0.15, 0.2) is 0 Å². The second-order valence-electron chi connectivity index (χ2n) is 6.88. The number of nitrogens with one attached hydrogen (secondary N) is 1. The molecular formula is C17H29N3S. The van der Waals surface area contributed by atoms with Gasteiger partial charge in [0, 0.05) is 24.0 Å². The van der Waals surface area contributed by atoms with Gasteiger partial charge in [-0.05, 0) is 58.9 Å². The first-order valence-corrected chi connectivity index (χ1v) is 9.44. The molecule has 1 N–H and O–H groups in total. The van der Waals surface area contributed by atoms with Crippen LogP contribution in [0.4, 0.5) is 0 Å². The van der Waals surface area contributed by atoms with Crippen LogP contribution in [0.15, 0.2) is 0 Å². The Morgan fingerprint density at radius 3 is 2.67 bits per heavy atom. The number of hydrogen-bond donors (Lipinski definition) is 1. The molecule has 0 amide bonds. The van der Waals surface area contributed by atoms with Crippen molar-refractivity contribution in [2.45, 2.75) is 70.9 Å². The molecule has 0 radical (unpaired) electrons. The molecule has 1 aliphatic carbocycles. The fraction of sp³-hybridized carbons (Fsp3) is 0.824. The maximum Gasteiger partial charge on any atom is 0.113 e. The largest absolute Gasteiger partial charge is 0.305 e. The van der Waals surface area contributed by atoms with Crippen LogP contribution in [0.3, 0.4) is 0 Å². The monoisotopic (exact) mass is 307 g/mol. The minimum Gasteiger partial charge on any atom is -0.305 e. The molecule has 0 bridgehead atoms. The van der Waals surface area contributed by atoms with Crippen LogP contribution in [-0.4, -0.2) is 35.6 Å². The normalized spacial score (nSPS) is 21.9. The van der Waals surface area contributed by atoms with Gasteiger partial charge in [0.2, 0.25) is 0 Å². The molecule has 21 heavy (non-hydrogen) atoms. The highest BCUT2D eigenvalue weighted by atomic mass is 32.1. The van der Waals surface area contributed by atoms with E-state index in [0.29, 0.717) is 6.04 Å². The third kappa shape index (κ3) is 3.03. The standard InChI is InChI=1S/C17H29N3S/c1-4-10-18-17(8-11-20(12-9-17)13(2)3)16-19-14-6-5-7-15(14)21-16/h13,18H,4-12H2,1-3H3. The van der Waals surface area contributed by atoms with Crippen LogP contribution >= 0.6 is 11.3 Å². The molecule has 1 aliphatic heterocycles. The van der Waals surface area contributed by atoms with Crippen LogP contribution in [0.5, 0.6) is 0 Å². The van der Waals surface area contributed by atoms with E-state index in [4.69, 9.17) is 4.98 Å². The van der Waals surface area contributed by atoms with Crippen molar-refractivity contribution in [3.63, 3.8) is 0 Å². The molecule has 1 fully saturated rings. The van der Waals surface area contributed by atoms with Crippen LogP contribution in [0.25, 0.3) is 0 Å². The number of aromatic nitrogens is 1. The van der Waals surface area contributed by atoms with E-state index in [1.54, 1.807) is 4.88 Å². The first-order valence-electron chi connectivity index (χ1n) is 8.63. The molecule has 2 heterocycles. The zero-order valence-corrected chi connectivity index (χ0v) is 14.6. The molecule has 0 saturated carbocycles. The highest BCUT2D eigenvalue weighted by molar-refractivity contribution is 7.12. The van der Waals surface area contributed by atoms with E-state index >= 15 is 0 Å². The molecular weight excluding hydrogens is 278 g/mol. The van der Waals surface area contributed by atoms with E-state index < -0.39 is 0 Å². The van der Waals surface area contributed by atoms with Crippen molar-refractivity contribution < 1.29 is 0 Å². The summed E-state index contributed by atoms with van der Waals surface area (Å²) in [4.78, 5) is 9.22. The van der Waals surface area contributed by atoms with Gasteiger partial charge in [0.1, 0.15) is 5.01 Å². The molecule has 2 aliphatic rings. The third-order valence-electron chi connectivity index (χ3n) is 5.10. The fourth-order valence-electron chi connectivity index (χ4n) is 3.65. The van der Waals surface area contributed by atoms with Gasteiger partial charge in [0.05, 0.1) is 11.2 Å². The minimum atomic E-state index is 0.149. The van der Waals surface area contributed by atoms with Crippen molar-refractivity contribution in [1.29, 1.82) is 0 Å². The lowest BCUT2D eigenvalue weighted by Crippen LogP contribution is -2.52. The second-order valence-corrected chi connectivity index (χ2v) is 7.96. The molecule has 0 aromatic carbocycles. The predicted octanol–water partition coefficient (Wildman–Crippen LogP) is 3.33. The van der Waals surface area contributed by atoms with E-state index in [2.05, 4.69) is 31.0 Å². The summed E-state index contributed by atoms with van der Waals surface area (Å²) in [5, 5.41) is 5.25. The lowest BCUT2D eigenvalue weighted by atomic mass is 9.87. The summed E-state index contributed by atoms with van der Waals surface area (Å²) >= 11 is 2.00. The Balaban J connectivity index is 1.80. The van der Waals surface area contributed by atoms with Gasteiger partial charge in [-0.25, -0.2) is 4.98 Å². The summed E-state index contributed by atoms with van der Waals surface area (Å²) in [7, 11) is 0. The van der Waals surface area contributed by atoms with Crippen LogP contribution in [0.1, 0.15) is 62.0 Å².